The third kappa shape index (κ3) is 5.26. The van der Waals surface area contributed by atoms with Gasteiger partial charge in [-0.1, -0.05) is 35.0 Å². The molecule has 1 fully saturated rings. The fraction of sp³-hybridized carbons (Fsp3) is 0.360. The second-order valence-electron chi connectivity index (χ2n) is 8.38. The van der Waals surface area contributed by atoms with Crippen LogP contribution < -0.4 is 9.47 Å². The minimum atomic E-state index is -0.189. The fourth-order valence-electron chi connectivity index (χ4n) is 4.28. The number of halogens is 1. The number of benzene rings is 1. The number of nitrogens with zero attached hydrogens (tertiary/aromatic N) is 4. The Balaban J connectivity index is 1.13. The van der Waals surface area contributed by atoms with Crippen LogP contribution in [-0.4, -0.2) is 53.3 Å². The summed E-state index contributed by atoms with van der Waals surface area (Å²) in [4.78, 5) is 29.1. The Hall–Kier alpha value is -3.17. The lowest BCUT2D eigenvalue weighted by Gasteiger charge is -2.31. The van der Waals surface area contributed by atoms with E-state index in [1.807, 2.05) is 34.5 Å². The molecule has 10 heteroatoms. The monoisotopic (exact) mass is 512 g/mol. The van der Waals surface area contributed by atoms with Crippen molar-refractivity contribution in [3.8, 4) is 11.6 Å². The van der Waals surface area contributed by atoms with Gasteiger partial charge in [-0.25, -0.2) is 9.97 Å². The smallest absolute Gasteiger partial charge is 0.260 e. The van der Waals surface area contributed by atoms with Gasteiger partial charge in [0, 0.05) is 47.6 Å². The number of oxime groups is 1. The van der Waals surface area contributed by atoms with Crippen LogP contribution in [0, 0.1) is 0 Å². The minimum absolute atomic E-state index is 0.0564. The Bertz CT molecular complexity index is 1230. The number of carbonyl (C=O) groups is 1. The average molecular weight is 513 g/mol. The number of hydrogen-bond acceptors (Lipinski definition) is 8. The normalized spacial score (nSPS) is 18.2. The van der Waals surface area contributed by atoms with Crippen molar-refractivity contribution in [2.75, 3.05) is 26.8 Å². The zero-order valence-corrected chi connectivity index (χ0v) is 20.8. The van der Waals surface area contributed by atoms with Gasteiger partial charge in [-0.15, -0.1) is 11.3 Å². The molecule has 0 radical (unpaired) electrons. The highest BCUT2D eigenvalue weighted by Gasteiger charge is 2.29. The summed E-state index contributed by atoms with van der Waals surface area (Å²) in [5.74, 6) is 1.09. The highest BCUT2D eigenvalue weighted by molar-refractivity contribution is 7.10. The van der Waals surface area contributed by atoms with E-state index in [1.54, 1.807) is 36.8 Å². The molecule has 2 aliphatic rings. The molecule has 0 bridgehead atoms. The molecule has 3 aromatic rings. The van der Waals surface area contributed by atoms with Gasteiger partial charge in [-0.05, 0) is 31.0 Å². The topological polar surface area (TPSA) is 86.1 Å². The lowest BCUT2D eigenvalue weighted by molar-refractivity contribution is -0.134. The van der Waals surface area contributed by atoms with Crippen molar-refractivity contribution >= 4 is 34.6 Å². The van der Waals surface area contributed by atoms with Crippen molar-refractivity contribution in [3.05, 3.63) is 69.3 Å². The molecule has 1 amide bonds. The van der Waals surface area contributed by atoms with Crippen LogP contribution in [0.2, 0.25) is 5.02 Å². The number of carbonyl (C=O) groups excluding carboxylic acids is 1. The van der Waals surface area contributed by atoms with Gasteiger partial charge in [0.2, 0.25) is 0 Å². The number of ether oxygens (including phenoxy) is 2. The summed E-state index contributed by atoms with van der Waals surface area (Å²) < 4.78 is 10.8. The highest BCUT2D eigenvalue weighted by Crippen LogP contribution is 2.35. The first kappa shape index (κ1) is 23.6. The SMILES string of the molecule is COc1cccnc1OCC(=O)N1CCC(c2nc(C3=NOC(c4ccccc4Cl)C3)cs2)CC1. The van der Waals surface area contributed by atoms with Gasteiger partial charge in [0.05, 0.1) is 17.8 Å². The molecule has 1 unspecified atom stereocenters. The van der Waals surface area contributed by atoms with Gasteiger partial charge in [-0.2, -0.15) is 0 Å². The van der Waals surface area contributed by atoms with Crippen molar-refractivity contribution in [2.45, 2.75) is 31.3 Å². The number of hydrogen-bond donors (Lipinski definition) is 0. The van der Waals surface area contributed by atoms with E-state index in [9.17, 15) is 4.79 Å². The van der Waals surface area contributed by atoms with Crippen molar-refractivity contribution in [1.82, 2.24) is 14.9 Å². The van der Waals surface area contributed by atoms with Crippen LogP contribution in [-0.2, 0) is 9.63 Å². The number of thiazole rings is 1. The maximum atomic E-state index is 12.6. The third-order valence-corrected chi connectivity index (χ3v) is 7.58. The van der Waals surface area contributed by atoms with Gasteiger partial charge >= 0.3 is 0 Å². The van der Waals surface area contributed by atoms with Gasteiger partial charge in [0.15, 0.2) is 18.5 Å². The van der Waals surface area contributed by atoms with Crippen LogP contribution in [0.5, 0.6) is 11.6 Å². The van der Waals surface area contributed by atoms with Crippen LogP contribution >= 0.6 is 22.9 Å². The summed E-state index contributed by atoms with van der Waals surface area (Å²) in [7, 11) is 1.55. The summed E-state index contributed by atoms with van der Waals surface area (Å²) in [6.45, 7) is 1.27. The maximum Gasteiger partial charge on any atom is 0.260 e. The van der Waals surface area contributed by atoms with Crippen molar-refractivity contribution < 1.29 is 19.1 Å². The quantitative estimate of drug-likeness (QED) is 0.450. The molecule has 8 nitrogen and oxygen atoms in total. The van der Waals surface area contributed by atoms with Gasteiger partial charge in [-0.3, -0.25) is 4.79 Å². The van der Waals surface area contributed by atoms with E-state index < -0.39 is 0 Å². The van der Waals surface area contributed by atoms with Crippen molar-refractivity contribution in [2.24, 2.45) is 5.16 Å². The maximum absolute atomic E-state index is 12.6. The standard InChI is InChI=1S/C25H25ClN4O4S/c1-32-21-7-4-10-27-24(21)33-14-23(31)30-11-8-16(9-12-30)25-28-20(15-35-25)19-13-22(34-29-19)17-5-2-3-6-18(17)26/h2-7,10,15-16,22H,8-9,11-14H2,1H3. The van der Waals surface area contributed by atoms with Gasteiger partial charge in [0.25, 0.3) is 11.8 Å². The number of amides is 1. The van der Waals surface area contributed by atoms with Crippen LogP contribution in [0.25, 0.3) is 0 Å². The van der Waals surface area contributed by atoms with E-state index >= 15 is 0 Å². The Labute approximate surface area is 212 Å². The average Bonchev–Trinajstić information content (AvgIpc) is 3.58. The number of pyridine rings is 1. The molecule has 4 heterocycles. The zero-order valence-electron chi connectivity index (χ0n) is 19.2. The molecule has 182 valence electrons. The summed E-state index contributed by atoms with van der Waals surface area (Å²) in [6.07, 6.45) is 3.77. The second-order valence-corrected chi connectivity index (χ2v) is 9.68. The minimum Gasteiger partial charge on any atom is -0.491 e. The van der Waals surface area contributed by atoms with E-state index in [1.165, 1.54) is 0 Å². The number of piperidine rings is 1. The zero-order chi connectivity index (χ0) is 24.2. The predicted molar refractivity (Wildman–Crippen MR) is 133 cm³/mol. The molecule has 2 aromatic heterocycles. The summed E-state index contributed by atoms with van der Waals surface area (Å²) >= 11 is 7.95. The van der Waals surface area contributed by atoms with Crippen LogP contribution in [0.3, 0.4) is 0 Å². The lowest BCUT2D eigenvalue weighted by Crippen LogP contribution is -2.40. The molecular weight excluding hydrogens is 488 g/mol. The first-order chi connectivity index (χ1) is 17.1. The van der Waals surface area contributed by atoms with Crippen LogP contribution in [0.4, 0.5) is 0 Å². The number of methoxy groups -OCH3 is 1. The Morgan fingerprint density at radius 1 is 1.23 bits per heavy atom. The van der Waals surface area contributed by atoms with Gasteiger partial charge in [0.1, 0.15) is 5.71 Å². The molecule has 35 heavy (non-hydrogen) atoms. The first-order valence-corrected chi connectivity index (χ1v) is 12.7. The Morgan fingerprint density at radius 3 is 2.86 bits per heavy atom. The largest absolute Gasteiger partial charge is 0.491 e. The highest BCUT2D eigenvalue weighted by atomic mass is 35.5. The molecule has 0 aliphatic carbocycles. The fourth-order valence-corrected chi connectivity index (χ4v) is 5.53. The molecule has 2 aliphatic heterocycles. The molecule has 5 rings (SSSR count). The van der Waals surface area contributed by atoms with E-state index in [0.717, 1.165) is 34.8 Å². The number of rotatable bonds is 7. The Kier molecular flexibility index (Phi) is 7.15. The van der Waals surface area contributed by atoms with E-state index in [4.69, 9.17) is 30.9 Å². The van der Waals surface area contributed by atoms with Crippen LogP contribution in [0.15, 0.2) is 53.1 Å². The Morgan fingerprint density at radius 2 is 2.06 bits per heavy atom. The number of aromatic nitrogens is 2. The lowest BCUT2D eigenvalue weighted by atomic mass is 9.97. The first-order valence-electron chi connectivity index (χ1n) is 11.4. The molecule has 1 atom stereocenters. The summed E-state index contributed by atoms with van der Waals surface area (Å²) in [5, 5.41) is 8.07. The summed E-state index contributed by atoms with van der Waals surface area (Å²) in [6, 6.07) is 11.2. The molecule has 0 spiro atoms. The molecule has 0 N–H and O–H groups in total. The molecular formula is C25H25ClN4O4S. The van der Waals surface area contributed by atoms with E-state index in [0.29, 0.717) is 42.1 Å². The number of likely N-dealkylation sites (tertiary alicyclic amines) is 1. The molecule has 0 saturated carbocycles. The second kappa shape index (κ2) is 10.6. The summed E-state index contributed by atoms with van der Waals surface area (Å²) in [5.41, 5.74) is 2.63. The van der Waals surface area contributed by atoms with Crippen molar-refractivity contribution in [1.29, 1.82) is 0 Å². The van der Waals surface area contributed by atoms with E-state index in [-0.39, 0.29) is 18.6 Å². The van der Waals surface area contributed by atoms with E-state index in [2.05, 4.69) is 10.1 Å². The van der Waals surface area contributed by atoms with Crippen molar-refractivity contribution in [3.63, 3.8) is 0 Å². The molecule has 1 saturated heterocycles. The molecule has 1 aromatic carbocycles. The predicted octanol–water partition coefficient (Wildman–Crippen LogP) is 4.85. The van der Waals surface area contributed by atoms with Crippen LogP contribution in [0.1, 0.15) is 47.5 Å². The third-order valence-electron chi connectivity index (χ3n) is 6.22. The van der Waals surface area contributed by atoms with Gasteiger partial charge < -0.3 is 19.2 Å².